The van der Waals surface area contributed by atoms with E-state index in [0.717, 1.165) is 31.9 Å². The van der Waals surface area contributed by atoms with Gasteiger partial charge in [-0.3, -0.25) is 0 Å². The molecule has 2 N–H and O–H groups in total. The van der Waals surface area contributed by atoms with Gasteiger partial charge in [0.1, 0.15) is 5.75 Å². The quantitative estimate of drug-likeness (QED) is 0.486. The Morgan fingerprint density at radius 1 is 1.21 bits per heavy atom. The van der Waals surface area contributed by atoms with Gasteiger partial charge < -0.3 is 20.1 Å². The molecule has 0 bridgehead atoms. The predicted molar refractivity (Wildman–Crippen MR) is 104 cm³/mol. The van der Waals surface area contributed by atoms with Crippen molar-refractivity contribution in [3.8, 4) is 5.75 Å². The van der Waals surface area contributed by atoms with Gasteiger partial charge in [0.2, 0.25) is 0 Å². The summed E-state index contributed by atoms with van der Waals surface area (Å²) in [5.41, 5.74) is -0.422. The molecule has 0 aromatic heterocycles. The van der Waals surface area contributed by atoms with Crippen molar-refractivity contribution in [1.82, 2.24) is 10.6 Å². The second-order valence-electron chi connectivity index (χ2n) is 7.17. The van der Waals surface area contributed by atoms with Gasteiger partial charge in [0.05, 0.1) is 19.2 Å². The van der Waals surface area contributed by atoms with Crippen LogP contribution in [0.3, 0.4) is 0 Å². The van der Waals surface area contributed by atoms with Gasteiger partial charge in [-0.25, -0.2) is 4.99 Å². The lowest BCUT2D eigenvalue weighted by atomic mass is 9.67. The van der Waals surface area contributed by atoms with Gasteiger partial charge in [0.15, 0.2) is 5.96 Å². The summed E-state index contributed by atoms with van der Waals surface area (Å²) >= 11 is 0. The van der Waals surface area contributed by atoms with E-state index in [1.54, 1.807) is 7.11 Å². The first-order valence-corrected chi connectivity index (χ1v) is 9.59. The molecule has 0 unspecified atom stereocenters. The summed E-state index contributed by atoms with van der Waals surface area (Å²) in [4.78, 5) is 4.38. The lowest BCUT2D eigenvalue weighted by Gasteiger charge is -2.42. The summed E-state index contributed by atoms with van der Waals surface area (Å²) in [6.45, 7) is 3.92. The Morgan fingerprint density at radius 3 is 2.50 bits per heavy atom. The number of alkyl halides is 3. The van der Waals surface area contributed by atoms with Crippen molar-refractivity contribution in [2.24, 2.45) is 10.4 Å². The van der Waals surface area contributed by atoms with Gasteiger partial charge in [-0.15, -0.1) is 0 Å². The van der Waals surface area contributed by atoms with Crippen LogP contribution in [0, 0.1) is 5.41 Å². The number of ether oxygens (including phenoxy) is 2. The van der Waals surface area contributed by atoms with E-state index in [2.05, 4.69) is 15.6 Å². The zero-order valence-electron chi connectivity index (χ0n) is 16.8. The third-order valence-electron chi connectivity index (χ3n) is 5.26. The molecule has 1 saturated carbocycles. The number of hydrogen-bond donors (Lipinski definition) is 2. The van der Waals surface area contributed by atoms with E-state index in [9.17, 15) is 13.2 Å². The smallest absolute Gasteiger partial charge is 0.416 e. The van der Waals surface area contributed by atoms with Crippen molar-refractivity contribution in [3.05, 3.63) is 29.3 Å². The molecule has 1 aliphatic rings. The van der Waals surface area contributed by atoms with E-state index < -0.39 is 11.7 Å². The molecule has 1 aromatic rings. The maximum atomic E-state index is 13.4. The first-order chi connectivity index (χ1) is 13.3. The Labute approximate surface area is 164 Å². The van der Waals surface area contributed by atoms with Crippen molar-refractivity contribution in [1.29, 1.82) is 0 Å². The van der Waals surface area contributed by atoms with Gasteiger partial charge in [-0.1, -0.05) is 12.5 Å². The normalized spacial score (nSPS) is 16.4. The molecule has 0 radical (unpaired) electrons. The third-order valence-corrected chi connectivity index (χ3v) is 5.26. The third kappa shape index (κ3) is 6.02. The maximum Gasteiger partial charge on any atom is 0.416 e. The van der Waals surface area contributed by atoms with E-state index in [1.165, 1.54) is 25.7 Å². The Morgan fingerprint density at radius 2 is 1.96 bits per heavy atom. The molecular weight excluding hydrogens is 371 g/mol. The fourth-order valence-electron chi connectivity index (χ4n) is 3.37. The second-order valence-corrected chi connectivity index (χ2v) is 7.17. The topological polar surface area (TPSA) is 54.9 Å². The average molecular weight is 401 g/mol. The molecule has 1 aromatic carbocycles. The molecule has 5 nitrogen and oxygen atoms in total. The zero-order chi connectivity index (χ0) is 20.6. The van der Waals surface area contributed by atoms with Crippen LogP contribution in [0.15, 0.2) is 23.2 Å². The Bertz CT molecular complexity index is 659. The highest BCUT2D eigenvalue weighted by atomic mass is 19.4. The van der Waals surface area contributed by atoms with Crippen LogP contribution in [0.2, 0.25) is 0 Å². The standard InChI is InChI=1S/C20H30F3N3O2/c1-4-24-18(26-14-19(8-5-9-19)10-11-27-2)25-13-15-6-7-16(28-3)12-17(15)20(21,22)23/h6-7,12H,4-5,8-11,13-14H2,1-3H3,(H2,24,25,26). The van der Waals surface area contributed by atoms with Gasteiger partial charge >= 0.3 is 6.18 Å². The first-order valence-electron chi connectivity index (χ1n) is 9.59. The SMILES string of the molecule is CCNC(=NCc1ccc(OC)cc1C(F)(F)F)NCC1(CCOC)CCC1. The zero-order valence-corrected chi connectivity index (χ0v) is 16.8. The molecule has 8 heteroatoms. The van der Waals surface area contributed by atoms with Gasteiger partial charge in [0, 0.05) is 26.8 Å². The van der Waals surface area contributed by atoms with E-state index in [-0.39, 0.29) is 23.3 Å². The highest BCUT2D eigenvalue weighted by molar-refractivity contribution is 5.79. The Hall–Kier alpha value is -1.96. The van der Waals surface area contributed by atoms with Crippen molar-refractivity contribution in [2.45, 2.75) is 45.3 Å². The monoisotopic (exact) mass is 401 g/mol. The van der Waals surface area contributed by atoms with Crippen LogP contribution in [0.5, 0.6) is 5.75 Å². The fraction of sp³-hybridized carbons (Fsp3) is 0.650. The summed E-state index contributed by atoms with van der Waals surface area (Å²) in [5.74, 6) is 0.699. The van der Waals surface area contributed by atoms with Crippen LogP contribution in [0.4, 0.5) is 13.2 Å². The van der Waals surface area contributed by atoms with E-state index >= 15 is 0 Å². The number of halogens is 3. The van der Waals surface area contributed by atoms with E-state index in [0.29, 0.717) is 19.1 Å². The highest BCUT2D eigenvalue weighted by Gasteiger charge is 2.36. The largest absolute Gasteiger partial charge is 0.497 e. The van der Waals surface area contributed by atoms with Gasteiger partial charge in [-0.2, -0.15) is 13.2 Å². The summed E-state index contributed by atoms with van der Waals surface area (Å²) in [6, 6.07) is 3.95. The fourth-order valence-corrected chi connectivity index (χ4v) is 3.37. The molecule has 0 spiro atoms. The van der Waals surface area contributed by atoms with Gasteiger partial charge in [-0.05, 0) is 49.3 Å². The maximum absolute atomic E-state index is 13.4. The summed E-state index contributed by atoms with van der Waals surface area (Å²) in [5, 5.41) is 6.41. The summed E-state index contributed by atoms with van der Waals surface area (Å²) in [7, 11) is 3.04. The Kier molecular flexibility index (Phi) is 7.98. The molecule has 0 atom stereocenters. The van der Waals surface area contributed by atoms with Crippen LogP contribution in [-0.2, 0) is 17.5 Å². The minimum atomic E-state index is -4.46. The lowest BCUT2D eigenvalue weighted by molar-refractivity contribution is -0.138. The lowest BCUT2D eigenvalue weighted by Crippen LogP contribution is -2.47. The van der Waals surface area contributed by atoms with Crippen molar-refractivity contribution < 1.29 is 22.6 Å². The van der Waals surface area contributed by atoms with Gasteiger partial charge in [0.25, 0.3) is 0 Å². The number of aliphatic imine (C=N–C) groups is 1. The van der Waals surface area contributed by atoms with Crippen molar-refractivity contribution in [2.75, 3.05) is 33.9 Å². The highest BCUT2D eigenvalue weighted by Crippen LogP contribution is 2.43. The molecule has 28 heavy (non-hydrogen) atoms. The molecular formula is C20H30F3N3O2. The minimum Gasteiger partial charge on any atom is -0.497 e. The van der Waals surface area contributed by atoms with Crippen molar-refractivity contribution >= 4 is 5.96 Å². The molecule has 0 amide bonds. The molecule has 2 rings (SSSR count). The van der Waals surface area contributed by atoms with Crippen molar-refractivity contribution in [3.63, 3.8) is 0 Å². The predicted octanol–water partition coefficient (Wildman–Crippen LogP) is 3.98. The molecule has 1 fully saturated rings. The number of guanidine groups is 1. The molecule has 0 aliphatic heterocycles. The number of methoxy groups -OCH3 is 2. The number of rotatable bonds is 9. The molecule has 0 saturated heterocycles. The number of nitrogens with zero attached hydrogens (tertiary/aromatic N) is 1. The number of nitrogens with one attached hydrogen (secondary N) is 2. The van der Waals surface area contributed by atoms with Crippen LogP contribution < -0.4 is 15.4 Å². The van der Waals surface area contributed by atoms with Crippen LogP contribution >= 0.6 is 0 Å². The van der Waals surface area contributed by atoms with E-state index in [4.69, 9.17) is 9.47 Å². The summed E-state index contributed by atoms with van der Waals surface area (Å²) < 4.78 is 50.2. The molecule has 0 heterocycles. The molecule has 1 aliphatic carbocycles. The summed E-state index contributed by atoms with van der Waals surface area (Å²) in [6.07, 6.45) is -0.0489. The molecule has 158 valence electrons. The second kappa shape index (κ2) is 10.0. The average Bonchev–Trinajstić information content (AvgIpc) is 2.64. The van der Waals surface area contributed by atoms with Crippen LogP contribution in [0.1, 0.15) is 43.7 Å². The van der Waals surface area contributed by atoms with Crippen LogP contribution in [-0.4, -0.2) is 39.9 Å². The van der Waals surface area contributed by atoms with Crippen LogP contribution in [0.25, 0.3) is 0 Å². The van der Waals surface area contributed by atoms with E-state index in [1.807, 2.05) is 6.92 Å². The minimum absolute atomic E-state index is 0.0702. The number of hydrogen-bond acceptors (Lipinski definition) is 3. The first kappa shape index (κ1) is 22.3. The Balaban J connectivity index is 2.10. The number of benzene rings is 1.